The molecular weight excluding hydrogens is 188 g/mol. The van der Waals surface area contributed by atoms with Crippen LogP contribution in [0.4, 0.5) is 0 Å². The summed E-state index contributed by atoms with van der Waals surface area (Å²) < 4.78 is 0. The summed E-state index contributed by atoms with van der Waals surface area (Å²) in [6, 6.07) is 5.46. The first-order chi connectivity index (χ1) is 7.15. The molecule has 0 bridgehead atoms. The second kappa shape index (κ2) is 3.46. The van der Waals surface area contributed by atoms with Gasteiger partial charge in [-0.25, -0.2) is 0 Å². The van der Waals surface area contributed by atoms with Gasteiger partial charge in [-0.3, -0.25) is 0 Å². The monoisotopic (exact) mass is 202 g/mol. The van der Waals surface area contributed by atoms with Crippen molar-refractivity contribution in [2.24, 2.45) is 0 Å². The standard InChI is InChI=1S/C13H14O2/c1-3-9-7-10-5-4-6-11(15)13(10)12(9)8(2)14/h3-6,14-15H,7H2,1-2H3/b9-3-,12-8-. The van der Waals surface area contributed by atoms with Crippen LogP contribution in [0.5, 0.6) is 5.75 Å². The molecule has 0 heterocycles. The zero-order valence-electron chi connectivity index (χ0n) is 8.91. The Morgan fingerprint density at radius 3 is 2.73 bits per heavy atom. The molecule has 1 aromatic rings. The van der Waals surface area contributed by atoms with Gasteiger partial charge < -0.3 is 10.2 Å². The number of hydrogen-bond acceptors (Lipinski definition) is 2. The number of rotatable bonds is 0. The Bertz CT molecular complexity index is 463. The van der Waals surface area contributed by atoms with E-state index < -0.39 is 0 Å². The minimum atomic E-state index is 0.243. The summed E-state index contributed by atoms with van der Waals surface area (Å²) in [5.41, 5.74) is 3.72. The summed E-state index contributed by atoms with van der Waals surface area (Å²) in [6.07, 6.45) is 2.77. The summed E-state index contributed by atoms with van der Waals surface area (Å²) in [5.74, 6) is 0.510. The third-order valence-corrected chi connectivity index (χ3v) is 2.79. The van der Waals surface area contributed by atoms with E-state index in [9.17, 15) is 10.2 Å². The summed E-state index contributed by atoms with van der Waals surface area (Å²) >= 11 is 0. The average molecular weight is 202 g/mol. The lowest BCUT2D eigenvalue weighted by atomic mass is 10.0. The highest BCUT2D eigenvalue weighted by atomic mass is 16.3. The lowest BCUT2D eigenvalue weighted by molar-refractivity contribution is 0.416. The minimum Gasteiger partial charge on any atom is -0.512 e. The molecule has 78 valence electrons. The normalized spacial score (nSPS) is 20.5. The lowest BCUT2D eigenvalue weighted by Gasteiger charge is -2.05. The molecule has 15 heavy (non-hydrogen) atoms. The second-order valence-electron chi connectivity index (χ2n) is 3.76. The third-order valence-electron chi connectivity index (χ3n) is 2.79. The fourth-order valence-electron chi connectivity index (χ4n) is 2.14. The van der Waals surface area contributed by atoms with E-state index >= 15 is 0 Å². The fourth-order valence-corrected chi connectivity index (χ4v) is 2.14. The Kier molecular flexibility index (Phi) is 2.27. The van der Waals surface area contributed by atoms with E-state index in [-0.39, 0.29) is 11.5 Å². The molecule has 0 fully saturated rings. The van der Waals surface area contributed by atoms with Crippen LogP contribution >= 0.6 is 0 Å². The van der Waals surface area contributed by atoms with Gasteiger partial charge in [0.1, 0.15) is 5.75 Å². The minimum absolute atomic E-state index is 0.243. The molecule has 1 aliphatic carbocycles. The van der Waals surface area contributed by atoms with E-state index in [0.717, 1.165) is 28.7 Å². The number of benzene rings is 1. The zero-order valence-corrected chi connectivity index (χ0v) is 8.91. The molecule has 0 unspecified atom stereocenters. The molecule has 1 aliphatic rings. The van der Waals surface area contributed by atoms with Crippen LogP contribution < -0.4 is 0 Å². The van der Waals surface area contributed by atoms with Gasteiger partial charge in [0.15, 0.2) is 0 Å². The van der Waals surface area contributed by atoms with E-state index in [2.05, 4.69) is 0 Å². The molecule has 0 aromatic heterocycles. The first-order valence-electron chi connectivity index (χ1n) is 5.01. The Hall–Kier alpha value is -1.70. The predicted octanol–water partition coefficient (Wildman–Crippen LogP) is 3.18. The van der Waals surface area contributed by atoms with Crippen molar-refractivity contribution in [1.29, 1.82) is 0 Å². The van der Waals surface area contributed by atoms with Gasteiger partial charge in [-0.1, -0.05) is 18.2 Å². The predicted molar refractivity (Wildman–Crippen MR) is 60.8 cm³/mol. The van der Waals surface area contributed by atoms with Crippen LogP contribution in [-0.2, 0) is 6.42 Å². The lowest BCUT2D eigenvalue weighted by Crippen LogP contribution is -1.86. The second-order valence-corrected chi connectivity index (χ2v) is 3.76. The SMILES string of the molecule is C/C=C1/Cc2cccc(O)c2/C1=C(/C)O. The van der Waals surface area contributed by atoms with Crippen molar-refractivity contribution in [3.05, 3.63) is 46.7 Å². The number of phenols is 1. The summed E-state index contributed by atoms with van der Waals surface area (Å²) in [5, 5.41) is 19.4. The van der Waals surface area contributed by atoms with E-state index in [0.29, 0.717) is 0 Å². The average Bonchev–Trinajstić information content (AvgIpc) is 2.57. The number of phenolic OH excluding ortho intramolecular Hbond substituents is 1. The van der Waals surface area contributed by atoms with E-state index in [1.165, 1.54) is 0 Å². The van der Waals surface area contributed by atoms with Gasteiger partial charge in [-0.2, -0.15) is 0 Å². The van der Waals surface area contributed by atoms with Crippen LogP contribution in [0.2, 0.25) is 0 Å². The van der Waals surface area contributed by atoms with Crippen molar-refractivity contribution in [2.75, 3.05) is 0 Å². The molecule has 0 saturated carbocycles. The number of aliphatic hydroxyl groups is 1. The Balaban J connectivity index is 2.73. The molecule has 2 heteroatoms. The smallest absolute Gasteiger partial charge is 0.123 e. The maximum Gasteiger partial charge on any atom is 0.123 e. The summed E-state index contributed by atoms with van der Waals surface area (Å²) in [7, 11) is 0. The molecule has 0 amide bonds. The highest BCUT2D eigenvalue weighted by Crippen LogP contribution is 2.42. The molecule has 2 rings (SSSR count). The summed E-state index contributed by atoms with van der Waals surface area (Å²) in [4.78, 5) is 0. The highest BCUT2D eigenvalue weighted by Gasteiger charge is 2.25. The van der Waals surface area contributed by atoms with Crippen LogP contribution in [0.15, 0.2) is 35.6 Å². The first-order valence-corrected chi connectivity index (χ1v) is 5.01. The first kappa shape index (κ1) is 9.84. The third kappa shape index (κ3) is 1.42. The molecule has 1 aromatic carbocycles. The van der Waals surface area contributed by atoms with E-state index in [1.54, 1.807) is 13.0 Å². The van der Waals surface area contributed by atoms with Crippen LogP contribution in [-0.4, -0.2) is 10.2 Å². The van der Waals surface area contributed by atoms with Crippen LogP contribution in [0, 0.1) is 0 Å². The van der Waals surface area contributed by atoms with Crippen molar-refractivity contribution >= 4 is 5.57 Å². The van der Waals surface area contributed by atoms with Gasteiger partial charge in [0.25, 0.3) is 0 Å². The van der Waals surface area contributed by atoms with Gasteiger partial charge in [-0.05, 0) is 37.5 Å². The molecule has 0 atom stereocenters. The van der Waals surface area contributed by atoms with Crippen molar-refractivity contribution in [1.82, 2.24) is 0 Å². The van der Waals surface area contributed by atoms with E-state index in [4.69, 9.17) is 0 Å². The van der Waals surface area contributed by atoms with Gasteiger partial charge in [-0.15, -0.1) is 0 Å². The van der Waals surface area contributed by atoms with Gasteiger partial charge in [0.05, 0.1) is 5.76 Å². The van der Waals surface area contributed by atoms with Crippen LogP contribution in [0.3, 0.4) is 0 Å². The molecule has 0 saturated heterocycles. The largest absolute Gasteiger partial charge is 0.512 e. The van der Waals surface area contributed by atoms with Gasteiger partial charge in [0.2, 0.25) is 0 Å². The maximum atomic E-state index is 9.79. The highest BCUT2D eigenvalue weighted by molar-refractivity contribution is 5.89. The van der Waals surface area contributed by atoms with Gasteiger partial charge in [0, 0.05) is 11.1 Å². The van der Waals surface area contributed by atoms with E-state index in [1.807, 2.05) is 25.1 Å². The number of aliphatic hydroxyl groups excluding tert-OH is 1. The quantitative estimate of drug-likeness (QED) is 0.634. The molecule has 2 nitrogen and oxygen atoms in total. The van der Waals surface area contributed by atoms with Crippen molar-refractivity contribution in [3.8, 4) is 5.75 Å². The van der Waals surface area contributed by atoms with Crippen molar-refractivity contribution in [2.45, 2.75) is 20.3 Å². The molecular formula is C13H14O2. The van der Waals surface area contributed by atoms with Crippen LogP contribution in [0.25, 0.3) is 5.57 Å². The van der Waals surface area contributed by atoms with Crippen molar-refractivity contribution in [3.63, 3.8) is 0 Å². The Morgan fingerprint density at radius 1 is 1.40 bits per heavy atom. The number of fused-ring (bicyclic) bond motifs is 1. The zero-order chi connectivity index (χ0) is 11.0. The molecule has 2 N–H and O–H groups in total. The van der Waals surface area contributed by atoms with Gasteiger partial charge >= 0.3 is 0 Å². The number of allylic oxidation sites excluding steroid dienone is 4. The summed E-state index contributed by atoms with van der Waals surface area (Å²) in [6.45, 7) is 3.60. The maximum absolute atomic E-state index is 9.79. The molecule has 0 aliphatic heterocycles. The topological polar surface area (TPSA) is 40.5 Å². The Morgan fingerprint density at radius 2 is 2.13 bits per heavy atom. The number of hydrogen-bond donors (Lipinski definition) is 2. The molecule has 0 spiro atoms. The van der Waals surface area contributed by atoms with Crippen molar-refractivity contribution < 1.29 is 10.2 Å². The van der Waals surface area contributed by atoms with Crippen LogP contribution in [0.1, 0.15) is 25.0 Å². The molecule has 0 radical (unpaired) electrons. The fraction of sp³-hybridized carbons (Fsp3) is 0.231. The Labute approximate surface area is 89.2 Å². The number of aromatic hydroxyl groups is 1.